The summed E-state index contributed by atoms with van der Waals surface area (Å²) >= 11 is 0. The molecule has 2 atom stereocenters. The van der Waals surface area contributed by atoms with E-state index in [0.717, 1.165) is 5.92 Å². The van der Waals surface area contributed by atoms with E-state index < -0.39 is 0 Å². The summed E-state index contributed by atoms with van der Waals surface area (Å²) in [5.41, 5.74) is 5.53. The fourth-order valence-corrected chi connectivity index (χ4v) is 1.25. The minimum absolute atomic E-state index is 0.648. The van der Waals surface area contributed by atoms with E-state index in [1.54, 1.807) is 0 Å². The molecule has 0 fully saturated rings. The van der Waals surface area contributed by atoms with Crippen LogP contribution in [0.5, 0.6) is 0 Å². The van der Waals surface area contributed by atoms with Crippen LogP contribution in [-0.2, 0) is 0 Å². The predicted octanol–water partition coefficient (Wildman–Crippen LogP) is 0.583. The van der Waals surface area contributed by atoms with E-state index in [-0.39, 0.29) is 0 Å². The molecule has 0 bridgehead atoms. The third-order valence-corrected chi connectivity index (χ3v) is 1.88. The molecule has 0 aromatic carbocycles. The normalized spacial score (nSPS) is 37.6. The maximum absolute atomic E-state index is 4.02. The summed E-state index contributed by atoms with van der Waals surface area (Å²) in [5.74, 6) is 0.718. The number of quaternary nitrogens is 1. The molecule has 46 valence electrons. The van der Waals surface area contributed by atoms with E-state index in [4.69, 9.17) is 0 Å². The van der Waals surface area contributed by atoms with Crippen LogP contribution in [0.1, 0.15) is 20.3 Å². The van der Waals surface area contributed by atoms with Crippen LogP contribution in [0.3, 0.4) is 0 Å². The molecule has 0 aromatic heterocycles. The minimum atomic E-state index is 0.648. The Balaban J connectivity index is 2.56. The van der Waals surface area contributed by atoms with Crippen molar-refractivity contribution in [1.82, 2.24) is 0 Å². The maximum Gasteiger partial charge on any atom is 0.0941 e. The van der Waals surface area contributed by atoms with Gasteiger partial charge in [-0.2, -0.15) is 0 Å². The Morgan fingerprint density at radius 2 is 2.38 bits per heavy atom. The standard InChI is InChI=1S/C7H13N/c1-5-3-6(2)7(8)4-5/h3,6-7H,4,8H2,1-2H3/p+1/t6?,7-/m0/s1. The molecule has 0 radical (unpaired) electrons. The number of hydrogen-bond donors (Lipinski definition) is 1. The van der Waals surface area contributed by atoms with Crippen molar-refractivity contribution in [3.63, 3.8) is 0 Å². The Kier molecular flexibility index (Phi) is 1.39. The monoisotopic (exact) mass is 112 g/mol. The van der Waals surface area contributed by atoms with Gasteiger partial charge in [0.05, 0.1) is 6.04 Å². The summed E-state index contributed by atoms with van der Waals surface area (Å²) in [6, 6.07) is 0.648. The molecule has 1 nitrogen and oxygen atoms in total. The van der Waals surface area contributed by atoms with Crippen molar-refractivity contribution in [2.45, 2.75) is 26.3 Å². The zero-order valence-electron chi connectivity index (χ0n) is 5.65. The first-order valence-electron chi connectivity index (χ1n) is 3.20. The number of rotatable bonds is 0. The first-order chi connectivity index (χ1) is 3.70. The SMILES string of the molecule is CC1=CC(C)[C@@H]([NH3+])C1. The second-order valence-electron chi connectivity index (χ2n) is 2.84. The van der Waals surface area contributed by atoms with Gasteiger partial charge in [-0.15, -0.1) is 0 Å². The second-order valence-corrected chi connectivity index (χ2v) is 2.84. The van der Waals surface area contributed by atoms with E-state index in [2.05, 4.69) is 25.7 Å². The van der Waals surface area contributed by atoms with Gasteiger partial charge in [0.15, 0.2) is 0 Å². The largest absolute Gasteiger partial charge is 0.354 e. The van der Waals surface area contributed by atoms with Crippen molar-refractivity contribution < 1.29 is 5.73 Å². The molecule has 1 unspecified atom stereocenters. The Morgan fingerprint density at radius 1 is 1.75 bits per heavy atom. The topological polar surface area (TPSA) is 27.6 Å². The van der Waals surface area contributed by atoms with Gasteiger partial charge >= 0.3 is 0 Å². The molecule has 0 saturated heterocycles. The second kappa shape index (κ2) is 1.90. The lowest BCUT2D eigenvalue weighted by Gasteiger charge is -2.01. The molecule has 0 aromatic rings. The van der Waals surface area contributed by atoms with E-state index in [0.29, 0.717) is 6.04 Å². The van der Waals surface area contributed by atoms with Crippen molar-refractivity contribution in [2.75, 3.05) is 0 Å². The van der Waals surface area contributed by atoms with Gasteiger partial charge in [0, 0.05) is 12.3 Å². The summed E-state index contributed by atoms with van der Waals surface area (Å²) in [6.07, 6.45) is 3.53. The fourth-order valence-electron chi connectivity index (χ4n) is 1.25. The van der Waals surface area contributed by atoms with Crippen LogP contribution in [0, 0.1) is 5.92 Å². The maximum atomic E-state index is 4.02. The van der Waals surface area contributed by atoms with Gasteiger partial charge in [0.1, 0.15) is 0 Å². The molecular formula is C7H14N+. The first-order valence-corrected chi connectivity index (χ1v) is 3.20. The van der Waals surface area contributed by atoms with Crippen LogP contribution < -0.4 is 5.73 Å². The molecule has 1 heteroatoms. The summed E-state index contributed by atoms with van der Waals surface area (Å²) in [5, 5.41) is 0. The molecule has 8 heavy (non-hydrogen) atoms. The number of hydrogen-bond acceptors (Lipinski definition) is 0. The van der Waals surface area contributed by atoms with Crippen LogP contribution in [0.2, 0.25) is 0 Å². The highest BCUT2D eigenvalue weighted by Crippen LogP contribution is 2.20. The van der Waals surface area contributed by atoms with Crippen molar-refractivity contribution in [3.8, 4) is 0 Å². The lowest BCUT2D eigenvalue weighted by atomic mass is 10.1. The van der Waals surface area contributed by atoms with Crippen LogP contribution in [0.4, 0.5) is 0 Å². The van der Waals surface area contributed by atoms with Crippen molar-refractivity contribution in [1.29, 1.82) is 0 Å². The highest BCUT2D eigenvalue weighted by atomic mass is 14.7. The molecule has 0 amide bonds. The molecule has 0 saturated carbocycles. The third-order valence-electron chi connectivity index (χ3n) is 1.88. The molecule has 1 aliphatic carbocycles. The summed E-state index contributed by atoms with van der Waals surface area (Å²) in [6.45, 7) is 4.41. The van der Waals surface area contributed by atoms with Gasteiger partial charge in [-0.1, -0.05) is 18.6 Å². The first kappa shape index (κ1) is 5.83. The quantitative estimate of drug-likeness (QED) is 0.444. The van der Waals surface area contributed by atoms with Gasteiger partial charge in [-0.25, -0.2) is 0 Å². The Hall–Kier alpha value is -0.300. The fraction of sp³-hybridized carbons (Fsp3) is 0.714. The molecule has 1 rings (SSSR count). The average molecular weight is 112 g/mol. The molecule has 0 heterocycles. The van der Waals surface area contributed by atoms with Gasteiger partial charge < -0.3 is 5.73 Å². The van der Waals surface area contributed by atoms with Gasteiger partial charge in [-0.05, 0) is 6.92 Å². The van der Waals surface area contributed by atoms with E-state index in [1.807, 2.05) is 0 Å². The average Bonchev–Trinajstić information content (AvgIpc) is 1.85. The van der Waals surface area contributed by atoms with E-state index in [9.17, 15) is 0 Å². The van der Waals surface area contributed by atoms with Crippen molar-refractivity contribution in [2.24, 2.45) is 5.92 Å². The smallest absolute Gasteiger partial charge is 0.0941 e. The predicted molar refractivity (Wildman–Crippen MR) is 34.2 cm³/mol. The minimum Gasteiger partial charge on any atom is -0.354 e. The summed E-state index contributed by atoms with van der Waals surface area (Å²) in [7, 11) is 0. The van der Waals surface area contributed by atoms with Crippen LogP contribution in [-0.4, -0.2) is 6.04 Å². The van der Waals surface area contributed by atoms with Gasteiger partial charge in [0.25, 0.3) is 0 Å². The highest BCUT2D eigenvalue weighted by molar-refractivity contribution is 5.10. The van der Waals surface area contributed by atoms with Gasteiger partial charge in [0.2, 0.25) is 0 Å². The molecule has 0 spiro atoms. The zero-order chi connectivity index (χ0) is 6.15. The highest BCUT2D eigenvalue weighted by Gasteiger charge is 2.20. The van der Waals surface area contributed by atoms with Crippen molar-refractivity contribution in [3.05, 3.63) is 11.6 Å². The van der Waals surface area contributed by atoms with Crippen LogP contribution >= 0.6 is 0 Å². The van der Waals surface area contributed by atoms with E-state index >= 15 is 0 Å². The van der Waals surface area contributed by atoms with E-state index in [1.165, 1.54) is 12.0 Å². The molecule has 1 aliphatic rings. The molecule has 0 aliphatic heterocycles. The summed E-state index contributed by atoms with van der Waals surface area (Å²) in [4.78, 5) is 0. The molecule has 3 N–H and O–H groups in total. The van der Waals surface area contributed by atoms with Gasteiger partial charge in [-0.3, -0.25) is 0 Å². The molecular weight excluding hydrogens is 98.1 g/mol. The van der Waals surface area contributed by atoms with Crippen LogP contribution in [0.15, 0.2) is 11.6 Å². The third kappa shape index (κ3) is 0.920. The lowest BCUT2D eigenvalue weighted by molar-refractivity contribution is -0.425. The lowest BCUT2D eigenvalue weighted by Crippen LogP contribution is -2.62. The summed E-state index contributed by atoms with van der Waals surface area (Å²) < 4.78 is 0. The Bertz CT molecular complexity index is 116. The Morgan fingerprint density at radius 3 is 2.50 bits per heavy atom. The van der Waals surface area contributed by atoms with Crippen LogP contribution in [0.25, 0.3) is 0 Å². The Labute approximate surface area is 50.6 Å². The zero-order valence-corrected chi connectivity index (χ0v) is 5.65. The van der Waals surface area contributed by atoms with Crippen molar-refractivity contribution >= 4 is 0 Å².